The number of nitro groups is 1. The summed E-state index contributed by atoms with van der Waals surface area (Å²) >= 11 is 0. The minimum absolute atomic E-state index is 0.00727. The first kappa shape index (κ1) is 14.9. The second kappa shape index (κ2) is 6.72. The molecule has 0 spiro atoms. The monoisotopic (exact) mass is 267 g/mol. The molecular formula is C13H17NO5. The Balaban J connectivity index is 2.97. The standard InChI is InChI=1S/C13H17NO5/c1-3-5-9(2)8-19-11-7-4-6-10(13(15)16)12(11)14(17)18/h4,6-7,9H,3,5,8H2,1-2H3,(H,15,16). The third-order valence-corrected chi connectivity index (χ3v) is 2.72. The Morgan fingerprint density at radius 1 is 1.53 bits per heavy atom. The predicted octanol–water partition coefficient (Wildman–Crippen LogP) is 3.11. The lowest BCUT2D eigenvalue weighted by Gasteiger charge is -2.12. The van der Waals surface area contributed by atoms with Crippen LogP contribution in [0.5, 0.6) is 5.75 Å². The Morgan fingerprint density at radius 2 is 2.21 bits per heavy atom. The summed E-state index contributed by atoms with van der Waals surface area (Å²) in [5.41, 5.74) is -0.843. The third-order valence-electron chi connectivity index (χ3n) is 2.72. The average Bonchev–Trinajstić information content (AvgIpc) is 2.35. The molecule has 0 saturated heterocycles. The molecule has 19 heavy (non-hydrogen) atoms. The summed E-state index contributed by atoms with van der Waals surface area (Å²) in [6, 6.07) is 4.06. The van der Waals surface area contributed by atoms with Crippen molar-refractivity contribution in [1.29, 1.82) is 0 Å². The van der Waals surface area contributed by atoms with E-state index >= 15 is 0 Å². The molecule has 1 rings (SSSR count). The van der Waals surface area contributed by atoms with Gasteiger partial charge in [0.25, 0.3) is 0 Å². The van der Waals surface area contributed by atoms with Crippen LogP contribution < -0.4 is 4.74 Å². The number of carboxylic acids is 1. The molecule has 1 aromatic rings. The molecule has 1 unspecified atom stereocenters. The normalized spacial score (nSPS) is 11.9. The minimum atomic E-state index is -1.33. The van der Waals surface area contributed by atoms with Crippen LogP contribution in [0.1, 0.15) is 37.0 Å². The molecule has 104 valence electrons. The van der Waals surface area contributed by atoms with E-state index in [1.807, 2.05) is 13.8 Å². The van der Waals surface area contributed by atoms with E-state index in [9.17, 15) is 14.9 Å². The fraction of sp³-hybridized carbons (Fsp3) is 0.462. The lowest BCUT2D eigenvalue weighted by atomic mass is 10.1. The van der Waals surface area contributed by atoms with Crippen LogP contribution in [0, 0.1) is 16.0 Å². The van der Waals surface area contributed by atoms with Crippen LogP contribution in [0.4, 0.5) is 5.69 Å². The molecule has 0 fully saturated rings. The van der Waals surface area contributed by atoms with E-state index in [0.717, 1.165) is 12.8 Å². The van der Waals surface area contributed by atoms with E-state index in [2.05, 4.69) is 0 Å². The summed E-state index contributed by atoms with van der Waals surface area (Å²) in [7, 11) is 0. The van der Waals surface area contributed by atoms with Gasteiger partial charge in [0.15, 0.2) is 5.75 Å². The lowest BCUT2D eigenvalue weighted by molar-refractivity contribution is -0.386. The smallest absolute Gasteiger partial charge is 0.342 e. The van der Waals surface area contributed by atoms with Crippen LogP contribution in [-0.2, 0) is 0 Å². The average molecular weight is 267 g/mol. The molecule has 1 aromatic carbocycles. The first-order valence-electron chi connectivity index (χ1n) is 6.10. The Labute approximate surface area is 111 Å². The van der Waals surface area contributed by atoms with Crippen LogP contribution in [0.3, 0.4) is 0 Å². The Kier molecular flexibility index (Phi) is 5.29. The van der Waals surface area contributed by atoms with Crippen molar-refractivity contribution >= 4 is 11.7 Å². The lowest BCUT2D eigenvalue weighted by Crippen LogP contribution is -2.11. The highest BCUT2D eigenvalue weighted by molar-refractivity contribution is 5.93. The van der Waals surface area contributed by atoms with Gasteiger partial charge in [0.1, 0.15) is 5.56 Å². The number of rotatable bonds is 7. The number of nitro benzene ring substituents is 1. The number of carbonyl (C=O) groups is 1. The second-order valence-corrected chi connectivity index (χ2v) is 4.42. The van der Waals surface area contributed by atoms with Crippen molar-refractivity contribution in [2.75, 3.05) is 6.61 Å². The summed E-state index contributed by atoms with van der Waals surface area (Å²) in [4.78, 5) is 21.2. The number of nitrogens with zero attached hydrogens (tertiary/aromatic N) is 1. The molecule has 1 N–H and O–H groups in total. The molecule has 6 heteroatoms. The maximum atomic E-state index is 11.0. The molecule has 0 bridgehead atoms. The number of benzene rings is 1. The highest BCUT2D eigenvalue weighted by atomic mass is 16.6. The first-order chi connectivity index (χ1) is 8.97. The van der Waals surface area contributed by atoms with Gasteiger partial charge < -0.3 is 9.84 Å². The molecule has 0 aliphatic carbocycles. The number of hydrogen-bond acceptors (Lipinski definition) is 4. The van der Waals surface area contributed by atoms with Crippen molar-refractivity contribution in [2.24, 2.45) is 5.92 Å². The van der Waals surface area contributed by atoms with E-state index in [-0.39, 0.29) is 17.2 Å². The van der Waals surface area contributed by atoms with E-state index in [0.29, 0.717) is 6.61 Å². The summed E-state index contributed by atoms with van der Waals surface area (Å²) in [5.74, 6) is -1.07. The Bertz CT molecular complexity index is 472. The summed E-state index contributed by atoms with van der Waals surface area (Å²) in [6.07, 6.45) is 1.95. The van der Waals surface area contributed by atoms with Gasteiger partial charge in [0.2, 0.25) is 0 Å². The Morgan fingerprint density at radius 3 is 2.74 bits per heavy atom. The van der Waals surface area contributed by atoms with Crippen LogP contribution in [0.15, 0.2) is 18.2 Å². The molecule has 0 aliphatic heterocycles. The van der Waals surface area contributed by atoms with E-state index in [1.165, 1.54) is 18.2 Å². The van der Waals surface area contributed by atoms with Gasteiger partial charge in [-0.3, -0.25) is 10.1 Å². The van der Waals surface area contributed by atoms with Gasteiger partial charge in [0.05, 0.1) is 11.5 Å². The number of aromatic carboxylic acids is 1. The van der Waals surface area contributed by atoms with Crippen LogP contribution >= 0.6 is 0 Å². The Hall–Kier alpha value is -2.11. The van der Waals surface area contributed by atoms with Crippen molar-refractivity contribution in [3.05, 3.63) is 33.9 Å². The van der Waals surface area contributed by atoms with Crippen molar-refractivity contribution in [3.8, 4) is 5.75 Å². The number of para-hydroxylation sites is 1. The van der Waals surface area contributed by atoms with Gasteiger partial charge in [-0.15, -0.1) is 0 Å². The minimum Gasteiger partial charge on any atom is -0.487 e. The number of ether oxygens (including phenoxy) is 1. The topological polar surface area (TPSA) is 89.7 Å². The van der Waals surface area contributed by atoms with Crippen LogP contribution in [0.2, 0.25) is 0 Å². The van der Waals surface area contributed by atoms with E-state index in [1.54, 1.807) is 0 Å². The zero-order chi connectivity index (χ0) is 14.4. The summed E-state index contributed by atoms with van der Waals surface area (Å²) < 4.78 is 5.40. The van der Waals surface area contributed by atoms with Crippen molar-refractivity contribution < 1.29 is 19.6 Å². The largest absolute Gasteiger partial charge is 0.487 e. The molecule has 0 saturated carbocycles. The maximum absolute atomic E-state index is 11.0. The van der Waals surface area contributed by atoms with Crippen LogP contribution in [0.25, 0.3) is 0 Å². The van der Waals surface area contributed by atoms with Gasteiger partial charge in [-0.1, -0.05) is 26.3 Å². The fourth-order valence-electron chi connectivity index (χ4n) is 1.81. The fourth-order valence-corrected chi connectivity index (χ4v) is 1.81. The summed E-state index contributed by atoms with van der Waals surface area (Å²) in [5, 5.41) is 19.9. The van der Waals surface area contributed by atoms with Crippen LogP contribution in [-0.4, -0.2) is 22.6 Å². The SMILES string of the molecule is CCCC(C)COc1cccc(C(=O)O)c1[N+](=O)[O-]. The van der Waals surface area contributed by atoms with E-state index < -0.39 is 16.6 Å². The number of carboxylic acid groups (broad SMARTS) is 1. The van der Waals surface area contributed by atoms with Crippen molar-refractivity contribution in [3.63, 3.8) is 0 Å². The zero-order valence-corrected chi connectivity index (χ0v) is 11.0. The zero-order valence-electron chi connectivity index (χ0n) is 11.0. The molecule has 0 aromatic heterocycles. The highest BCUT2D eigenvalue weighted by Gasteiger charge is 2.25. The maximum Gasteiger partial charge on any atom is 0.342 e. The van der Waals surface area contributed by atoms with Crippen molar-refractivity contribution in [1.82, 2.24) is 0 Å². The molecule has 0 heterocycles. The van der Waals surface area contributed by atoms with Gasteiger partial charge in [-0.05, 0) is 24.5 Å². The van der Waals surface area contributed by atoms with E-state index in [4.69, 9.17) is 9.84 Å². The van der Waals surface area contributed by atoms with Gasteiger partial charge in [-0.25, -0.2) is 4.79 Å². The van der Waals surface area contributed by atoms with Gasteiger partial charge in [-0.2, -0.15) is 0 Å². The molecule has 6 nitrogen and oxygen atoms in total. The predicted molar refractivity (Wildman–Crippen MR) is 69.6 cm³/mol. The van der Waals surface area contributed by atoms with Gasteiger partial charge in [0, 0.05) is 0 Å². The molecule has 0 aliphatic rings. The van der Waals surface area contributed by atoms with Crippen molar-refractivity contribution in [2.45, 2.75) is 26.7 Å². The molecule has 0 amide bonds. The molecule has 1 atom stereocenters. The second-order valence-electron chi connectivity index (χ2n) is 4.42. The summed E-state index contributed by atoms with van der Waals surface area (Å²) in [6.45, 7) is 4.36. The molecular weight excluding hydrogens is 250 g/mol. The quantitative estimate of drug-likeness (QED) is 0.605. The number of hydrogen-bond donors (Lipinski definition) is 1. The van der Waals surface area contributed by atoms with Gasteiger partial charge >= 0.3 is 11.7 Å². The highest BCUT2D eigenvalue weighted by Crippen LogP contribution is 2.31. The molecule has 0 radical (unpaired) electrons. The first-order valence-corrected chi connectivity index (χ1v) is 6.10. The third kappa shape index (κ3) is 3.94.